The van der Waals surface area contributed by atoms with Crippen LogP contribution in [0.15, 0.2) is 24.5 Å². The smallest absolute Gasteiger partial charge is 0.214 e. The first-order chi connectivity index (χ1) is 14.4. The van der Waals surface area contributed by atoms with Crippen molar-refractivity contribution >= 4 is 17.4 Å². The highest BCUT2D eigenvalue weighted by Gasteiger charge is 2.30. The van der Waals surface area contributed by atoms with Gasteiger partial charge in [-0.15, -0.1) is 0 Å². The van der Waals surface area contributed by atoms with Crippen molar-refractivity contribution in [2.24, 2.45) is 0 Å². The molecule has 1 aliphatic heterocycles. The quantitative estimate of drug-likeness (QED) is 0.688. The Morgan fingerprint density at radius 3 is 2.77 bits per heavy atom. The van der Waals surface area contributed by atoms with Crippen LogP contribution in [0.3, 0.4) is 0 Å². The molecule has 1 N–H and O–H groups in total. The molecule has 3 aromatic heterocycles. The fourth-order valence-electron chi connectivity index (χ4n) is 4.24. The lowest BCUT2D eigenvalue weighted by Gasteiger charge is -2.29. The first-order valence-electron chi connectivity index (χ1n) is 10.8. The highest BCUT2D eigenvalue weighted by atomic mass is 19.1. The van der Waals surface area contributed by atoms with Gasteiger partial charge >= 0.3 is 0 Å². The molecule has 0 amide bonds. The molecule has 3 aromatic rings. The van der Waals surface area contributed by atoms with E-state index in [4.69, 9.17) is 10.1 Å². The lowest BCUT2D eigenvalue weighted by Crippen LogP contribution is -2.36. The lowest BCUT2D eigenvalue weighted by atomic mass is 10.0. The first-order valence-corrected chi connectivity index (χ1v) is 10.8. The molecule has 1 radical (unpaired) electrons. The van der Waals surface area contributed by atoms with Gasteiger partial charge in [0.1, 0.15) is 17.6 Å². The van der Waals surface area contributed by atoms with Crippen LogP contribution in [0.5, 0.6) is 0 Å². The molecule has 8 heteroatoms. The maximum absolute atomic E-state index is 13.7. The Hall–Kier alpha value is -2.48. The summed E-state index contributed by atoms with van der Waals surface area (Å²) in [4.78, 5) is 11.7. The normalized spacial score (nSPS) is 22.5. The number of nitrogens with zero attached hydrogens (tertiary/aromatic N) is 6. The maximum Gasteiger partial charge on any atom is 0.214 e. The average Bonchev–Trinajstić information content (AvgIpc) is 3.35. The van der Waals surface area contributed by atoms with Gasteiger partial charge in [0.25, 0.3) is 0 Å². The maximum atomic E-state index is 13.7. The van der Waals surface area contributed by atoms with E-state index in [1.165, 1.54) is 6.42 Å². The first kappa shape index (κ1) is 19.5. The monoisotopic (exact) mass is 410 g/mol. The van der Waals surface area contributed by atoms with E-state index in [9.17, 15) is 4.39 Å². The van der Waals surface area contributed by atoms with E-state index in [1.54, 1.807) is 12.6 Å². The zero-order chi connectivity index (χ0) is 20.9. The number of halogens is 1. The van der Waals surface area contributed by atoms with Gasteiger partial charge in [-0.05, 0) is 65.6 Å². The van der Waals surface area contributed by atoms with E-state index in [1.807, 2.05) is 21.2 Å². The van der Waals surface area contributed by atoms with Gasteiger partial charge in [-0.3, -0.25) is 9.30 Å². The number of rotatable bonds is 5. The zero-order valence-corrected chi connectivity index (χ0v) is 17.8. The second-order valence-corrected chi connectivity index (χ2v) is 9.44. The summed E-state index contributed by atoms with van der Waals surface area (Å²) in [5.74, 6) is 1.69. The number of anilines is 2. The van der Waals surface area contributed by atoms with Gasteiger partial charge in [-0.25, -0.2) is 19.0 Å². The number of hydrogen-bond acceptors (Lipinski definition) is 5. The molecule has 0 unspecified atom stereocenters. The number of hydrogen-bond donors (Lipinski definition) is 1. The highest BCUT2D eigenvalue weighted by molar-refractivity contribution is 5.55. The third kappa shape index (κ3) is 3.69. The summed E-state index contributed by atoms with van der Waals surface area (Å²) in [6.07, 6.45) is 7.26. The number of likely N-dealkylation sites (tertiary alicyclic amines) is 1. The van der Waals surface area contributed by atoms with Crippen molar-refractivity contribution in [2.45, 2.75) is 64.2 Å². The molecule has 1 saturated carbocycles. The molecule has 0 spiro atoms. The summed E-state index contributed by atoms with van der Waals surface area (Å²) in [5, 5.41) is 8.31. The molecular formula is C22H29FN7. The number of imidazole rings is 1. The van der Waals surface area contributed by atoms with Crippen molar-refractivity contribution in [1.82, 2.24) is 29.0 Å². The molecule has 30 heavy (non-hydrogen) atoms. The van der Waals surface area contributed by atoms with Crippen molar-refractivity contribution < 1.29 is 4.39 Å². The summed E-state index contributed by atoms with van der Waals surface area (Å²) in [6, 6.07) is 3.97. The average molecular weight is 411 g/mol. The van der Waals surface area contributed by atoms with Crippen LogP contribution in [0.25, 0.3) is 5.65 Å². The van der Waals surface area contributed by atoms with Crippen molar-refractivity contribution in [1.29, 1.82) is 0 Å². The summed E-state index contributed by atoms with van der Waals surface area (Å²) in [6.45, 7) is 9.50. The fraction of sp³-hybridized carbons (Fsp3) is 0.545. The highest BCUT2D eigenvalue weighted by Crippen LogP contribution is 2.37. The van der Waals surface area contributed by atoms with Crippen molar-refractivity contribution in [2.75, 3.05) is 18.4 Å². The molecule has 2 fully saturated rings. The van der Waals surface area contributed by atoms with Crippen LogP contribution in [0, 0.1) is 6.42 Å². The number of nitrogens with one attached hydrogen (secondary N) is 1. The summed E-state index contributed by atoms with van der Waals surface area (Å²) >= 11 is 0. The van der Waals surface area contributed by atoms with E-state index < -0.39 is 6.17 Å². The van der Waals surface area contributed by atoms with Crippen molar-refractivity contribution in [3.8, 4) is 0 Å². The minimum Gasteiger partial charge on any atom is -0.310 e. The summed E-state index contributed by atoms with van der Waals surface area (Å²) in [5.41, 5.74) is 2.63. The minimum atomic E-state index is -0.836. The Morgan fingerprint density at radius 1 is 1.27 bits per heavy atom. The molecule has 2 aliphatic rings. The van der Waals surface area contributed by atoms with Crippen LogP contribution >= 0.6 is 0 Å². The molecule has 5 rings (SSSR count). The number of fused-ring (bicyclic) bond motifs is 1. The van der Waals surface area contributed by atoms with Gasteiger partial charge < -0.3 is 5.32 Å². The van der Waals surface area contributed by atoms with Crippen LogP contribution in [0.4, 0.5) is 16.2 Å². The topological polar surface area (TPSA) is 63.3 Å². The SMILES string of the molecule is CC(C)(C)n1nc([C@@H]2C[CH][C@@H](F)C2)cc1Nc1nccc2nc(CN3CCC3)cn12. The van der Waals surface area contributed by atoms with Gasteiger partial charge in [0.2, 0.25) is 5.95 Å². The van der Waals surface area contributed by atoms with Gasteiger partial charge in [0.15, 0.2) is 0 Å². The molecule has 159 valence electrons. The van der Waals surface area contributed by atoms with E-state index in [-0.39, 0.29) is 11.5 Å². The molecule has 4 heterocycles. The lowest BCUT2D eigenvalue weighted by molar-refractivity contribution is 0.171. The van der Waals surface area contributed by atoms with Crippen LogP contribution in [-0.2, 0) is 12.1 Å². The molecular weight excluding hydrogens is 381 g/mol. The second kappa shape index (κ2) is 7.34. The van der Waals surface area contributed by atoms with E-state index in [0.29, 0.717) is 12.4 Å². The number of alkyl halides is 1. The molecule has 0 bridgehead atoms. The van der Waals surface area contributed by atoms with Crippen molar-refractivity contribution in [3.63, 3.8) is 0 Å². The second-order valence-electron chi connectivity index (χ2n) is 9.44. The molecule has 7 nitrogen and oxygen atoms in total. The molecule has 1 saturated heterocycles. The van der Waals surface area contributed by atoms with Crippen LogP contribution in [-0.4, -0.2) is 48.3 Å². The Morgan fingerprint density at radius 2 is 2.10 bits per heavy atom. The third-order valence-electron chi connectivity index (χ3n) is 5.97. The van der Waals surface area contributed by atoms with E-state index in [0.717, 1.165) is 48.9 Å². The predicted molar refractivity (Wildman–Crippen MR) is 115 cm³/mol. The molecule has 1 aliphatic carbocycles. The van der Waals surface area contributed by atoms with Crippen LogP contribution in [0.1, 0.15) is 57.3 Å². The minimum absolute atomic E-state index is 0.129. The predicted octanol–water partition coefficient (Wildman–Crippen LogP) is 4.05. The summed E-state index contributed by atoms with van der Waals surface area (Å²) < 4.78 is 17.7. The Balaban J connectivity index is 1.47. The van der Waals surface area contributed by atoms with Gasteiger partial charge in [-0.2, -0.15) is 5.10 Å². The largest absolute Gasteiger partial charge is 0.310 e. The van der Waals surface area contributed by atoms with Crippen molar-refractivity contribution in [3.05, 3.63) is 42.3 Å². The van der Waals surface area contributed by atoms with Gasteiger partial charge in [0.05, 0.1) is 16.9 Å². The van der Waals surface area contributed by atoms with Gasteiger partial charge in [0, 0.05) is 30.9 Å². The molecule has 0 aromatic carbocycles. The summed E-state index contributed by atoms with van der Waals surface area (Å²) in [7, 11) is 0. The Bertz CT molecular complexity index is 1040. The fourth-order valence-corrected chi connectivity index (χ4v) is 4.24. The number of aromatic nitrogens is 5. The van der Waals surface area contributed by atoms with E-state index >= 15 is 0 Å². The van der Waals surface area contributed by atoms with Crippen LogP contribution in [0.2, 0.25) is 0 Å². The van der Waals surface area contributed by atoms with Gasteiger partial charge in [-0.1, -0.05) is 0 Å². The Kier molecular flexibility index (Phi) is 4.76. The van der Waals surface area contributed by atoms with E-state index in [2.05, 4.69) is 42.2 Å². The van der Waals surface area contributed by atoms with Crippen LogP contribution < -0.4 is 5.32 Å². The standard InChI is InChI=1S/C22H29FN7/c1-22(2,3)30-20(12-18(27-30)15-5-6-16(23)11-15)26-21-24-8-7-19-25-17(14-29(19)21)13-28-9-4-10-28/h6-8,12,14-16H,4-5,9-11,13H2,1-3H3,(H,24,26)/t15-,16-/m1/s1. The Labute approximate surface area is 176 Å². The third-order valence-corrected chi connectivity index (χ3v) is 5.97. The molecule has 2 atom stereocenters. The zero-order valence-electron chi connectivity index (χ0n) is 17.8.